The van der Waals surface area contributed by atoms with E-state index >= 15 is 0 Å². The molecule has 0 aliphatic heterocycles. The van der Waals surface area contributed by atoms with Crippen molar-refractivity contribution in [3.63, 3.8) is 0 Å². The first kappa shape index (κ1) is 16.6. The quantitative estimate of drug-likeness (QED) is 0.649. The van der Waals surface area contributed by atoms with Crippen LogP contribution in [-0.2, 0) is 15.6 Å². The van der Waals surface area contributed by atoms with Gasteiger partial charge in [0.1, 0.15) is 0 Å². The summed E-state index contributed by atoms with van der Waals surface area (Å²) in [4.78, 5) is 11.4. The SMILES string of the molecule is CC(C)CCNC(=O)CNC(C)CCS(C)=O. The first-order valence-corrected chi connectivity index (χ1v) is 7.94. The Balaban J connectivity index is 3.52. The average Bonchev–Trinajstić information content (AvgIpc) is 2.23. The summed E-state index contributed by atoms with van der Waals surface area (Å²) in [6, 6.07) is 0.231. The summed E-state index contributed by atoms with van der Waals surface area (Å²) in [5.74, 6) is 1.33. The fraction of sp³-hybridized carbons (Fsp3) is 0.917. The molecule has 2 atom stereocenters. The molecule has 102 valence electrons. The third-order valence-electron chi connectivity index (χ3n) is 2.49. The third kappa shape index (κ3) is 11.8. The van der Waals surface area contributed by atoms with E-state index in [-0.39, 0.29) is 11.9 Å². The molecule has 0 fully saturated rings. The minimum atomic E-state index is -0.751. The molecule has 2 unspecified atom stereocenters. The molecule has 0 heterocycles. The maximum Gasteiger partial charge on any atom is 0.233 e. The maximum atomic E-state index is 11.4. The Kier molecular flexibility index (Phi) is 9.36. The molecule has 0 aromatic heterocycles. The van der Waals surface area contributed by atoms with E-state index in [9.17, 15) is 9.00 Å². The zero-order valence-electron chi connectivity index (χ0n) is 11.4. The van der Waals surface area contributed by atoms with Gasteiger partial charge >= 0.3 is 0 Å². The zero-order chi connectivity index (χ0) is 13.3. The number of carbonyl (C=O) groups excluding carboxylic acids is 1. The molecule has 5 heteroatoms. The molecule has 0 bridgehead atoms. The minimum Gasteiger partial charge on any atom is -0.355 e. The molecule has 0 radical (unpaired) electrons. The van der Waals surface area contributed by atoms with E-state index in [4.69, 9.17) is 0 Å². The molecule has 2 N–H and O–H groups in total. The second-order valence-corrected chi connectivity index (χ2v) is 6.44. The third-order valence-corrected chi connectivity index (χ3v) is 3.30. The van der Waals surface area contributed by atoms with Gasteiger partial charge in [-0.3, -0.25) is 9.00 Å². The van der Waals surface area contributed by atoms with Gasteiger partial charge in [0.2, 0.25) is 5.91 Å². The lowest BCUT2D eigenvalue weighted by Gasteiger charge is -2.13. The number of hydrogen-bond acceptors (Lipinski definition) is 3. The molecule has 17 heavy (non-hydrogen) atoms. The van der Waals surface area contributed by atoms with Crippen LogP contribution in [0, 0.1) is 5.92 Å². The lowest BCUT2D eigenvalue weighted by Crippen LogP contribution is -2.39. The standard InChI is InChI=1S/C12H26N2O2S/c1-10(2)5-7-13-12(15)9-14-11(3)6-8-17(4)16/h10-11,14H,5-9H2,1-4H3,(H,13,15). The number of carbonyl (C=O) groups is 1. The van der Waals surface area contributed by atoms with Crippen LogP contribution in [0.1, 0.15) is 33.6 Å². The number of amides is 1. The Morgan fingerprint density at radius 3 is 2.41 bits per heavy atom. The fourth-order valence-electron chi connectivity index (χ4n) is 1.27. The van der Waals surface area contributed by atoms with Gasteiger partial charge in [0, 0.05) is 35.4 Å². The summed E-state index contributed by atoms with van der Waals surface area (Å²) in [6.07, 6.45) is 3.55. The highest BCUT2D eigenvalue weighted by Gasteiger charge is 2.06. The van der Waals surface area contributed by atoms with Crippen molar-refractivity contribution in [2.75, 3.05) is 25.1 Å². The van der Waals surface area contributed by atoms with E-state index in [1.165, 1.54) is 0 Å². The topological polar surface area (TPSA) is 58.2 Å². The highest BCUT2D eigenvalue weighted by Crippen LogP contribution is 1.96. The lowest BCUT2D eigenvalue weighted by molar-refractivity contribution is -0.120. The first-order valence-electron chi connectivity index (χ1n) is 6.22. The van der Waals surface area contributed by atoms with Crippen LogP contribution in [0.2, 0.25) is 0 Å². The minimum absolute atomic E-state index is 0.0371. The summed E-state index contributed by atoms with van der Waals surface area (Å²) in [6.45, 7) is 7.37. The Hall–Kier alpha value is -0.420. The molecule has 4 nitrogen and oxygen atoms in total. The van der Waals surface area contributed by atoms with Crippen molar-refractivity contribution in [3.8, 4) is 0 Å². The van der Waals surface area contributed by atoms with Crippen molar-refractivity contribution in [2.45, 2.75) is 39.7 Å². The van der Waals surface area contributed by atoms with Crippen molar-refractivity contribution in [1.29, 1.82) is 0 Å². The predicted octanol–water partition coefficient (Wildman–Crippen LogP) is 0.895. The van der Waals surface area contributed by atoms with Crippen molar-refractivity contribution < 1.29 is 9.00 Å². The van der Waals surface area contributed by atoms with Crippen LogP contribution in [0.3, 0.4) is 0 Å². The van der Waals surface area contributed by atoms with Gasteiger partial charge in [-0.15, -0.1) is 0 Å². The Bertz CT molecular complexity index is 245. The second-order valence-electron chi connectivity index (χ2n) is 4.88. The first-order chi connectivity index (χ1) is 7.91. The Morgan fingerprint density at radius 2 is 1.88 bits per heavy atom. The van der Waals surface area contributed by atoms with Crippen molar-refractivity contribution in [2.24, 2.45) is 5.92 Å². The molecule has 0 saturated carbocycles. The lowest BCUT2D eigenvalue weighted by atomic mass is 10.1. The molecule has 0 aliphatic rings. The van der Waals surface area contributed by atoms with Crippen molar-refractivity contribution >= 4 is 16.7 Å². The molecule has 0 rings (SSSR count). The average molecular weight is 262 g/mol. The normalized spacial score (nSPS) is 14.6. The van der Waals surface area contributed by atoms with Crippen molar-refractivity contribution in [3.05, 3.63) is 0 Å². The van der Waals surface area contributed by atoms with Crippen LogP contribution in [0.25, 0.3) is 0 Å². The Labute approximate surface area is 107 Å². The Morgan fingerprint density at radius 1 is 1.24 bits per heavy atom. The molecule has 0 spiro atoms. The highest BCUT2D eigenvalue weighted by atomic mass is 32.2. The van der Waals surface area contributed by atoms with Crippen molar-refractivity contribution in [1.82, 2.24) is 10.6 Å². The number of nitrogens with one attached hydrogen (secondary N) is 2. The smallest absolute Gasteiger partial charge is 0.233 e. The summed E-state index contributed by atoms with van der Waals surface area (Å²) in [7, 11) is -0.751. The molecule has 0 saturated heterocycles. The molecule has 0 aromatic carbocycles. The van der Waals surface area contributed by atoms with Gasteiger partial charge in [-0.2, -0.15) is 0 Å². The van der Waals surface area contributed by atoms with Gasteiger partial charge in [-0.05, 0) is 25.7 Å². The van der Waals surface area contributed by atoms with E-state index < -0.39 is 10.8 Å². The van der Waals surface area contributed by atoms with Crippen LogP contribution in [0.4, 0.5) is 0 Å². The molecule has 1 amide bonds. The van der Waals surface area contributed by atoms with Gasteiger partial charge < -0.3 is 10.6 Å². The monoisotopic (exact) mass is 262 g/mol. The summed E-state index contributed by atoms with van der Waals surface area (Å²) >= 11 is 0. The second kappa shape index (κ2) is 9.59. The fourth-order valence-corrected chi connectivity index (χ4v) is 1.96. The van der Waals surface area contributed by atoms with Gasteiger partial charge in [0.25, 0.3) is 0 Å². The van der Waals surface area contributed by atoms with Gasteiger partial charge in [0.15, 0.2) is 0 Å². The summed E-state index contributed by atoms with van der Waals surface area (Å²) in [5.41, 5.74) is 0. The van der Waals surface area contributed by atoms with Crippen LogP contribution in [-0.4, -0.2) is 41.3 Å². The summed E-state index contributed by atoms with van der Waals surface area (Å²) in [5, 5.41) is 6.00. The van der Waals surface area contributed by atoms with Crippen LogP contribution < -0.4 is 10.6 Å². The maximum absolute atomic E-state index is 11.4. The zero-order valence-corrected chi connectivity index (χ0v) is 12.2. The van der Waals surface area contributed by atoms with E-state index in [0.29, 0.717) is 18.2 Å². The molecular weight excluding hydrogens is 236 g/mol. The predicted molar refractivity (Wildman–Crippen MR) is 73.5 cm³/mol. The van der Waals surface area contributed by atoms with E-state index in [2.05, 4.69) is 24.5 Å². The van der Waals surface area contributed by atoms with E-state index in [0.717, 1.165) is 19.4 Å². The number of hydrogen-bond donors (Lipinski definition) is 2. The van der Waals surface area contributed by atoms with Crippen LogP contribution in [0.15, 0.2) is 0 Å². The molecule has 0 aromatic rings. The largest absolute Gasteiger partial charge is 0.355 e. The van der Waals surface area contributed by atoms with Crippen LogP contribution in [0.5, 0.6) is 0 Å². The van der Waals surface area contributed by atoms with Crippen LogP contribution >= 0.6 is 0 Å². The molecular formula is C12H26N2O2S. The summed E-state index contributed by atoms with van der Waals surface area (Å²) < 4.78 is 10.9. The van der Waals surface area contributed by atoms with Gasteiger partial charge in [0.05, 0.1) is 6.54 Å². The van der Waals surface area contributed by atoms with E-state index in [1.807, 2.05) is 6.92 Å². The molecule has 0 aliphatic carbocycles. The van der Waals surface area contributed by atoms with Gasteiger partial charge in [-0.1, -0.05) is 13.8 Å². The highest BCUT2D eigenvalue weighted by molar-refractivity contribution is 7.84. The number of rotatable bonds is 9. The van der Waals surface area contributed by atoms with Gasteiger partial charge in [-0.25, -0.2) is 0 Å². The van der Waals surface area contributed by atoms with E-state index in [1.54, 1.807) is 6.26 Å².